The van der Waals surface area contributed by atoms with Crippen molar-refractivity contribution in [2.24, 2.45) is 0 Å². The smallest absolute Gasteiger partial charge is 0.185 e. The SMILES string of the molecule is Cc1c(-c2ccccc2)n(-c2ccc(Br)cc2Br)c(-c2ccccc2)cc1=O. The fourth-order valence-corrected chi connectivity index (χ4v) is 4.60. The summed E-state index contributed by atoms with van der Waals surface area (Å²) in [6.07, 6.45) is 0. The van der Waals surface area contributed by atoms with Crippen LogP contribution in [0, 0.1) is 6.92 Å². The molecule has 0 atom stereocenters. The maximum absolute atomic E-state index is 12.9. The Labute approximate surface area is 180 Å². The molecular weight excluding hydrogens is 478 g/mol. The normalized spacial score (nSPS) is 10.8. The molecule has 0 N–H and O–H groups in total. The van der Waals surface area contributed by atoms with Crippen molar-refractivity contribution in [3.8, 4) is 28.2 Å². The van der Waals surface area contributed by atoms with Gasteiger partial charge in [-0.3, -0.25) is 4.79 Å². The fourth-order valence-electron chi connectivity index (χ4n) is 3.38. The summed E-state index contributed by atoms with van der Waals surface area (Å²) in [7, 11) is 0. The van der Waals surface area contributed by atoms with E-state index in [2.05, 4.69) is 42.5 Å². The Balaban J connectivity index is 2.17. The standard InChI is InChI=1S/C24H17Br2NO/c1-16-23(28)15-22(17-8-4-2-5-9-17)27(21-13-12-19(25)14-20(21)26)24(16)18-10-6-3-7-11-18/h2-15H,1H3. The molecule has 0 radical (unpaired) electrons. The first-order chi connectivity index (χ1) is 13.6. The van der Waals surface area contributed by atoms with Crippen LogP contribution in [0.4, 0.5) is 0 Å². The molecule has 4 rings (SSSR count). The van der Waals surface area contributed by atoms with Gasteiger partial charge in [0.15, 0.2) is 5.43 Å². The van der Waals surface area contributed by atoms with E-state index in [1.165, 1.54) is 0 Å². The summed E-state index contributed by atoms with van der Waals surface area (Å²) in [5, 5.41) is 0. The molecule has 4 heteroatoms. The van der Waals surface area contributed by atoms with Crippen molar-refractivity contribution in [2.45, 2.75) is 6.92 Å². The Morgan fingerprint density at radius 2 is 1.36 bits per heavy atom. The molecule has 1 heterocycles. The number of pyridine rings is 1. The first-order valence-corrected chi connectivity index (χ1v) is 10.5. The van der Waals surface area contributed by atoms with Gasteiger partial charge in [0.25, 0.3) is 0 Å². The zero-order valence-corrected chi connectivity index (χ0v) is 18.4. The largest absolute Gasteiger partial charge is 0.308 e. The lowest BCUT2D eigenvalue weighted by atomic mass is 10.0. The minimum Gasteiger partial charge on any atom is -0.308 e. The average Bonchev–Trinajstić information content (AvgIpc) is 2.71. The lowest BCUT2D eigenvalue weighted by molar-refractivity contribution is 1.03. The zero-order chi connectivity index (χ0) is 19.7. The predicted molar refractivity (Wildman–Crippen MR) is 123 cm³/mol. The summed E-state index contributed by atoms with van der Waals surface area (Å²) in [5.74, 6) is 0. The lowest BCUT2D eigenvalue weighted by Gasteiger charge is -2.22. The molecular formula is C24H17Br2NO. The third-order valence-corrected chi connectivity index (χ3v) is 5.85. The van der Waals surface area contributed by atoms with Gasteiger partial charge >= 0.3 is 0 Å². The summed E-state index contributed by atoms with van der Waals surface area (Å²) in [4.78, 5) is 12.9. The predicted octanol–water partition coefficient (Wildman–Crippen LogP) is 7.00. The van der Waals surface area contributed by atoms with Crippen molar-refractivity contribution >= 4 is 31.9 Å². The summed E-state index contributed by atoms with van der Waals surface area (Å²) in [6, 6.07) is 27.9. The van der Waals surface area contributed by atoms with Gasteiger partial charge in [-0.2, -0.15) is 0 Å². The molecule has 28 heavy (non-hydrogen) atoms. The molecule has 0 unspecified atom stereocenters. The Morgan fingerprint density at radius 1 is 0.750 bits per heavy atom. The van der Waals surface area contributed by atoms with Gasteiger partial charge in [0.1, 0.15) is 0 Å². The van der Waals surface area contributed by atoms with E-state index in [0.717, 1.165) is 42.7 Å². The molecule has 0 amide bonds. The minimum atomic E-state index is 0.0298. The second-order valence-corrected chi connectivity index (χ2v) is 8.30. The lowest BCUT2D eigenvalue weighted by Crippen LogP contribution is -2.16. The summed E-state index contributed by atoms with van der Waals surface area (Å²) < 4.78 is 4.10. The molecule has 4 aromatic rings. The minimum absolute atomic E-state index is 0.0298. The molecule has 138 valence electrons. The number of hydrogen-bond acceptors (Lipinski definition) is 1. The van der Waals surface area contributed by atoms with E-state index in [1.807, 2.05) is 79.7 Å². The highest BCUT2D eigenvalue weighted by atomic mass is 79.9. The first kappa shape index (κ1) is 18.9. The maximum atomic E-state index is 12.9. The van der Waals surface area contributed by atoms with Crippen molar-refractivity contribution in [1.82, 2.24) is 4.57 Å². The van der Waals surface area contributed by atoms with E-state index >= 15 is 0 Å². The van der Waals surface area contributed by atoms with Crippen LogP contribution < -0.4 is 5.43 Å². The number of benzene rings is 3. The zero-order valence-electron chi connectivity index (χ0n) is 15.2. The molecule has 2 nitrogen and oxygen atoms in total. The molecule has 0 fully saturated rings. The van der Waals surface area contributed by atoms with E-state index in [-0.39, 0.29) is 5.43 Å². The Morgan fingerprint density at radius 3 is 1.96 bits per heavy atom. The number of aromatic nitrogens is 1. The van der Waals surface area contributed by atoms with Crippen LogP contribution >= 0.6 is 31.9 Å². The van der Waals surface area contributed by atoms with Gasteiger partial charge in [0.2, 0.25) is 0 Å². The third-order valence-electron chi connectivity index (χ3n) is 4.72. The van der Waals surface area contributed by atoms with E-state index in [1.54, 1.807) is 6.07 Å². The van der Waals surface area contributed by atoms with Crippen LogP contribution in [0.2, 0.25) is 0 Å². The Hall–Kier alpha value is -2.43. The summed E-state index contributed by atoms with van der Waals surface area (Å²) in [5.41, 5.74) is 5.48. The van der Waals surface area contributed by atoms with Gasteiger partial charge in [-0.05, 0) is 52.2 Å². The molecule has 0 spiro atoms. The molecule has 1 aromatic heterocycles. The van der Waals surface area contributed by atoms with Gasteiger partial charge in [0, 0.05) is 20.6 Å². The quantitative estimate of drug-likeness (QED) is 0.300. The molecule has 0 saturated heterocycles. The molecule has 0 aliphatic rings. The summed E-state index contributed by atoms with van der Waals surface area (Å²) >= 11 is 7.24. The van der Waals surface area contributed by atoms with Crippen molar-refractivity contribution in [3.63, 3.8) is 0 Å². The molecule has 0 aliphatic heterocycles. The molecule has 0 bridgehead atoms. The summed E-state index contributed by atoms with van der Waals surface area (Å²) in [6.45, 7) is 1.89. The van der Waals surface area contributed by atoms with E-state index in [0.29, 0.717) is 0 Å². The maximum Gasteiger partial charge on any atom is 0.185 e. The monoisotopic (exact) mass is 493 g/mol. The Bertz CT molecular complexity index is 1200. The van der Waals surface area contributed by atoms with Crippen LogP contribution in [0.1, 0.15) is 5.56 Å². The van der Waals surface area contributed by atoms with E-state index in [9.17, 15) is 4.79 Å². The van der Waals surface area contributed by atoms with E-state index in [4.69, 9.17) is 0 Å². The average molecular weight is 495 g/mol. The van der Waals surface area contributed by atoms with Crippen LogP contribution in [0.5, 0.6) is 0 Å². The van der Waals surface area contributed by atoms with E-state index < -0.39 is 0 Å². The second kappa shape index (κ2) is 7.90. The van der Waals surface area contributed by atoms with Gasteiger partial charge in [-0.1, -0.05) is 76.6 Å². The third kappa shape index (κ3) is 3.50. The van der Waals surface area contributed by atoms with Crippen molar-refractivity contribution in [3.05, 3.63) is 110 Å². The van der Waals surface area contributed by atoms with Gasteiger partial charge in [0.05, 0.1) is 17.1 Å². The fraction of sp³-hybridized carbons (Fsp3) is 0.0417. The van der Waals surface area contributed by atoms with Gasteiger partial charge in [-0.25, -0.2) is 0 Å². The molecule has 0 aliphatic carbocycles. The van der Waals surface area contributed by atoms with Crippen LogP contribution in [-0.2, 0) is 0 Å². The van der Waals surface area contributed by atoms with Crippen molar-refractivity contribution in [1.29, 1.82) is 0 Å². The van der Waals surface area contributed by atoms with Crippen LogP contribution in [0.25, 0.3) is 28.2 Å². The topological polar surface area (TPSA) is 22.0 Å². The highest BCUT2D eigenvalue weighted by molar-refractivity contribution is 9.11. The number of halogens is 2. The molecule has 3 aromatic carbocycles. The number of hydrogen-bond donors (Lipinski definition) is 0. The highest BCUT2D eigenvalue weighted by Crippen LogP contribution is 2.35. The van der Waals surface area contributed by atoms with Crippen LogP contribution in [0.3, 0.4) is 0 Å². The van der Waals surface area contributed by atoms with Gasteiger partial charge in [-0.15, -0.1) is 0 Å². The van der Waals surface area contributed by atoms with Gasteiger partial charge < -0.3 is 4.57 Å². The van der Waals surface area contributed by atoms with Crippen molar-refractivity contribution in [2.75, 3.05) is 0 Å². The highest BCUT2D eigenvalue weighted by Gasteiger charge is 2.18. The first-order valence-electron chi connectivity index (χ1n) is 8.89. The molecule has 0 saturated carbocycles. The van der Waals surface area contributed by atoms with Crippen molar-refractivity contribution < 1.29 is 0 Å². The van der Waals surface area contributed by atoms with Crippen LogP contribution in [-0.4, -0.2) is 4.57 Å². The second-order valence-electron chi connectivity index (χ2n) is 6.53. The number of rotatable bonds is 3. The Kier molecular flexibility index (Phi) is 5.33. The van der Waals surface area contributed by atoms with Crippen LogP contribution in [0.15, 0.2) is 98.7 Å². The number of nitrogens with zero attached hydrogens (tertiary/aromatic N) is 1.